The minimum atomic E-state index is -0.312. The van der Waals surface area contributed by atoms with Gasteiger partial charge in [-0.15, -0.1) is 0 Å². The quantitative estimate of drug-likeness (QED) is 0.720. The van der Waals surface area contributed by atoms with Crippen molar-refractivity contribution in [3.8, 4) is 11.3 Å². The van der Waals surface area contributed by atoms with Crippen molar-refractivity contribution in [2.45, 2.75) is 6.92 Å². The second kappa shape index (κ2) is 4.23. The van der Waals surface area contributed by atoms with Gasteiger partial charge >= 0.3 is 0 Å². The van der Waals surface area contributed by atoms with Gasteiger partial charge in [-0.25, -0.2) is 4.39 Å². The fourth-order valence-corrected chi connectivity index (χ4v) is 1.46. The Kier molecular flexibility index (Phi) is 2.77. The van der Waals surface area contributed by atoms with Crippen LogP contribution in [0.15, 0.2) is 42.6 Å². The molecular formula is C13H10FNO. The highest BCUT2D eigenvalue weighted by molar-refractivity contribution is 5.94. The summed E-state index contributed by atoms with van der Waals surface area (Å²) in [5.74, 6) is -0.340. The van der Waals surface area contributed by atoms with Crippen LogP contribution in [0.25, 0.3) is 11.3 Å². The van der Waals surface area contributed by atoms with E-state index in [0.29, 0.717) is 16.8 Å². The van der Waals surface area contributed by atoms with Crippen LogP contribution in [0.3, 0.4) is 0 Å². The zero-order chi connectivity index (χ0) is 11.5. The smallest absolute Gasteiger partial charge is 0.159 e. The van der Waals surface area contributed by atoms with Gasteiger partial charge in [-0.2, -0.15) is 0 Å². The molecule has 16 heavy (non-hydrogen) atoms. The molecule has 3 heteroatoms. The number of benzene rings is 1. The molecule has 0 aliphatic carbocycles. The fourth-order valence-electron chi connectivity index (χ4n) is 1.46. The number of pyridine rings is 1. The maximum absolute atomic E-state index is 13.0. The first-order valence-electron chi connectivity index (χ1n) is 4.90. The molecule has 80 valence electrons. The number of rotatable bonds is 2. The monoisotopic (exact) mass is 215 g/mol. The molecule has 0 aliphatic heterocycles. The summed E-state index contributed by atoms with van der Waals surface area (Å²) in [5, 5.41) is 0. The van der Waals surface area contributed by atoms with Gasteiger partial charge in [0.15, 0.2) is 5.78 Å². The summed E-state index contributed by atoms with van der Waals surface area (Å²) in [6.45, 7) is 1.49. The highest BCUT2D eigenvalue weighted by Gasteiger charge is 2.04. The standard InChI is InChI=1S/C13H10FNO/c1-9(16)10-5-6-15-13(8-10)11-3-2-4-12(14)7-11/h2-8H,1H3. The average molecular weight is 215 g/mol. The minimum absolute atomic E-state index is 0.0277. The maximum atomic E-state index is 13.0. The topological polar surface area (TPSA) is 30.0 Å². The molecule has 0 saturated carbocycles. The van der Waals surface area contributed by atoms with Crippen molar-refractivity contribution >= 4 is 5.78 Å². The maximum Gasteiger partial charge on any atom is 0.159 e. The molecule has 0 spiro atoms. The summed E-state index contributed by atoms with van der Waals surface area (Å²) in [5.41, 5.74) is 1.85. The number of carbonyl (C=O) groups is 1. The van der Waals surface area contributed by atoms with Crippen molar-refractivity contribution < 1.29 is 9.18 Å². The Bertz CT molecular complexity index is 537. The van der Waals surface area contributed by atoms with Crippen molar-refractivity contribution in [2.75, 3.05) is 0 Å². The van der Waals surface area contributed by atoms with Crippen molar-refractivity contribution in [1.82, 2.24) is 4.98 Å². The highest BCUT2D eigenvalue weighted by Crippen LogP contribution is 2.18. The van der Waals surface area contributed by atoms with Crippen LogP contribution in [0.4, 0.5) is 4.39 Å². The van der Waals surface area contributed by atoms with Crippen LogP contribution in [-0.2, 0) is 0 Å². The molecule has 2 aromatic rings. The Morgan fingerprint density at radius 1 is 1.25 bits per heavy atom. The van der Waals surface area contributed by atoms with Gasteiger partial charge in [-0.3, -0.25) is 9.78 Å². The summed E-state index contributed by atoms with van der Waals surface area (Å²) in [6.07, 6.45) is 1.55. The first kappa shape index (κ1) is 10.5. The summed E-state index contributed by atoms with van der Waals surface area (Å²) >= 11 is 0. The number of aromatic nitrogens is 1. The molecule has 0 saturated heterocycles. The van der Waals surface area contributed by atoms with E-state index in [1.54, 1.807) is 30.5 Å². The third-order valence-corrected chi connectivity index (χ3v) is 2.29. The Morgan fingerprint density at radius 2 is 2.06 bits per heavy atom. The van der Waals surface area contributed by atoms with Crippen molar-refractivity contribution in [3.05, 3.63) is 54.0 Å². The molecule has 1 aromatic heterocycles. The number of carbonyl (C=O) groups excluding carboxylic acids is 1. The van der Waals surface area contributed by atoms with Crippen LogP contribution >= 0.6 is 0 Å². The predicted molar refractivity (Wildman–Crippen MR) is 59.6 cm³/mol. The molecule has 2 rings (SSSR count). The summed E-state index contributed by atoms with van der Waals surface area (Å²) in [6, 6.07) is 9.45. The number of hydrogen-bond acceptors (Lipinski definition) is 2. The van der Waals surface area contributed by atoms with Gasteiger partial charge in [0.05, 0.1) is 5.69 Å². The van der Waals surface area contributed by atoms with Crippen LogP contribution in [0.2, 0.25) is 0 Å². The van der Waals surface area contributed by atoms with E-state index in [-0.39, 0.29) is 11.6 Å². The van der Waals surface area contributed by atoms with Crippen LogP contribution in [0.5, 0.6) is 0 Å². The van der Waals surface area contributed by atoms with Gasteiger partial charge in [-0.05, 0) is 31.2 Å². The highest BCUT2D eigenvalue weighted by atomic mass is 19.1. The lowest BCUT2D eigenvalue weighted by Gasteiger charge is -2.02. The van der Waals surface area contributed by atoms with Gasteiger partial charge < -0.3 is 0 Å². The lowest BCUT2D eigenvalue weighted by atomic mass is 10.1. The molecule has 0 amide bonds. The van der Waals surface area contributed by atoms with Crippen molar-refractivity contribution in [3.63, 3.8) is 0 Å². The number of hydrogen-bond donors (Lipinski definition) is 0. The zero-order valence-corrected chi connectivity index (χ0v) is 8.77. The summed E-state index contributed by atoms with van der Waals surface area (Å²) in [4.78, 5) is 15.3. The lowest BCUT2D eigenvalue weighted by molar-refractivity contribution is 0.101. The van der Waals surface area contributed by atoms with Gasteiger partial charge in [-0.1, -0.05) is 12.1 Å². The van der Waals surface area contributed by atoms with Crippen LogP contribution in [0.1, 0.15) is 17.3 Å². The molecule has 0 fully saturated rings. The van der Waals surface area contributed by atoms with Crippen LogP contribution in [-0.4, -0.2) is 10.8 Å². The van der Waals surface area contributed by atoms with Crippen molar-refractivity contribution in [2.24, 2.45) is 0 Å². The first-order valence-corrected chi connectivity index (χ1v) is 4.90. The van der Waals surface area contributed by atoms with Gasteiger partial charge in [0.25, 0.3) is 0 Å². The van der Waals surface area contributed by atoms with E-state index >= 15 is 0 Å². The van der Waals surface area contributed by atoms with Crippen LogP contribution in [0, 0.1) is 5.82 Å². The van der Waals surface area contributed by atoms with Crippen LogP contribution < -0.4 is 0 Å². The molecule has 0 aliphatic rings. The van der Waals surface area contributed by atoms with E-state index in [2.05, 4.69) is 4.98 Å². The third kappa shape index (κ3) is 2.14. The minimum Gasteiger partial charge on any atom is -0.295 e. The Labute approximate surface area is 92.8 Å². The van der Waals surface area contributed by atoms with E-state index in [0.717, 1.165) is 0 Å². The van der Waals surface area contributed by atoms with E-state index in [9.17, 15) is 9.18 Å². The largest absolute Gasteiger partial charge is 0.295 e. The number of halogens is 1. The average Bonchev–Trinajstić information content (AvgIpc) is 2.29. The van der Waals surface area contributed by atoms with E-state index < -0.39 is 0 Å². The molecule has 1 aromatic carbocycles. The fraction of sp³-hybridized carbons (Fsp3) is 0.0769. The second-order valence-electron chi connectivity index (χ2n) is 3.50. The molecule has 0 radical (unpaired) electrons. The van der Waals surface area contributed by atoms with Gasteiger partial charge in [0.2, 0.25) is 0 Å². The third-order valence-electron chi connectivity index (χ3n) is 2.29. The summed E-state index contributed by atoms with van der Waals surface area (Å²) < 4.78 is 13.0. The van der Waals surface area contributed by atoms with E-state index in [1.807, 2.05) is 0 Å². The SMILES string of the molecule is CC(=O)c1ccnc(-c2cccc(F)c2)c1. The van der Waals surface area contributed by atoms with Gasteiger partial charge in [0.1, 0.15) is 5.82 Å². The molecule has 0 unspecified atom stereocenters. The molecular weight excluding hydrogens is 205 g/mol. The Hall–Kier alpha value is -2.03. The molecule has 0 atom stereocenters. The lowest BCUT2D eigenvalue weighted by Crippen LogP contribution is -1.94. The first-order chi connectivity index (χ1) is 7.66. The zero-order valence-electron chi connectivity index (χ0n) is 8.77. The second-order valence-corrected chi connectivity index (χ2v) is 3.50. The molecule has 0 N–H and O–H groups in total. The van der Waals surface area contributed by atoms with E-state index in [1.165, 1.54) is 19.1 Å². The normalized spacial score (nSPS) is 10.1. The summed E-state index contributed by atoms with van der Waals surface area (Å²) in [7, 11) is 0. The Balaban J connectivity index is 2.48. The number of Topliss-reactive ketones (excluding diaryl/α,β-unsaturated/α-hetero) is 1. The van der Waals surface area contributed by atoms with Crippen molar-refractivity contribution in [1.29, 1.82) is 0 Å². The number of ketones is 1. The predicted octanol–water partition coefficient (Wildman–Crippen LogP) is 3.09. The van der Waals surface area contributed by atoms with Gasteiger partial charge in [0, 0.05) is 17.3 Å². The molecule has 0 bridgehead atoms. The number of nitrogens with zero attached hydrogens (tertiary/aromatic N) is 1. The molecule has 2 nitrogen and oxygen atoms in total. The molecule has 1 heterocycles. The Morgan fingerprint density at radius 3 is 2.75 bits per heavy atom. The van der Waals surface area contributed by atoms with E-state index in [4.69, 9.17) is 0 Å².